The molecule has 2 aromatic rings. The number of halogens is 2. The van der Waals surface area contributed by atoms with Crippen LogP contribution in [0.25, 0.3) is 0 Å². The molecule has 2 N–H and O–H groups in total. The zero-order valence-electron chi connectivity index (χ0n) is 9.14. The van der Waals surface area contributed by atoms with Gasteiger partial charge in [0, 0.05) is 28.6 Å². The Morgan fingerprint density at radius 2 is 2.18 bits per heavy atom. The molecule has 2 rings (SSSR count). The molecule has 0 aliphatic heterocycles. The minimum atomic E-state index is -0.208. The Balaban J connectivity index is 2.20. The second-order valence-electron chi connectivity index (χ2n) is 3.63. The average Bonchev–Trinajstić information content (AvgIpc) is 2.64. The van der Waals surface area contributed by atoms with E-state index in [0.717, 1.165) is 20.5 Å². The van der Waals surface area contributed by atoms with Gasteiger partial charge in [0.25, 0.3) is 0 Å². The summed E-state index contributed by atoms with van der Waals surface area (Å²) in [5, 5.41) is 4.01. The average molecular weight is 361 g/mol. The Morgan fingerprint density at radius 1 is 1.41 bits per heavy atom. The molecule has 2 aromatic heterocycles. The van der Waals surface area contributed by atoms with Crippen molar-refractivity contribution in [3.63, 3.8) is 0 Å². The molecule has 0 radical (unpaired) electrons. The first-order chi connectivity index (χ1) is 8.08. The van der Waals surface area contributed by atoms with Gasteiger partial charge in [-0.05, 0) is 37.9 Å². The first kappa shape index (κ1) is 12.7. The maximum atomic E-state index is 6.12. The Hall–Kier alpha value is -0.790. The third kappa shape index (κ3) is 2.91. The van der Waals surface area contributed by atoms with Crippen molar-refractivity contribution in [1.82, 2.24) is 19.7 Å². The lowest BCUT2D eigenvalue weighted by Crippen LogP contribution is -2.18. The van der Waals surface area contributed by atoms with Crippen LogP contribution in [0.15, 0.2) is 27.5 Å². The number of aromatic nitrogens is 4. The van der Waals surface area contributed by atoms with Crippen LogP contribution in [0.1, 0.15) is 17.6 Å². The van der Waals surface area contributed by atoms with Gasteiger partial charge in [0.15, 0.2) is 0 Å². The number of hydrogen-bond acceptors (Lipinski definition) is 4. The first-order valence-electron chi connectivity index (χ1n) is 4.97. The summed E-state index contributed by atoms with van der Waals surface area (Å²) in [6.45, 7) is 0. The molecule has 0 saturated heterocycles. The van der Waals surface area contributed by atoms with Gasteiger partial charge in [-0.2, -0.15) is 5.10 Å². The lowest BCUT2D eigenvalue weighted by atomic mass is 10.1. The fraction of sp³-hybridized carbons (Fsp3) is 0.300. The number of hydrogen-bond donors (Lipinski definition) is 1. The highest BCUT2D eigenvalue weighted by atomic mass is 79.9. The molecular formula is C10H11Br2N5. The molecule has 0 aliphatic carbocycles. The summed E-state index contributed by atoms with van der Waals surface area (Å²) in [6, 6.07) is 1.72. The number of nitrogens with zero attached hydrogens (tertiary/aromatic N) is 4. The number of aryl methyl sites for hydroxylation is 1. The third-order valence-corrected chi connectivity index (χ3v) is 3.46. The number of pyridine rings is 1. The fourth-order valence-electron chi connectivity index (χ4n) is 1.50. The minimum absolute atomic E-state index is 0.208. The highest BCUT2D eigenvalue weighted by Crippen LogP contribution is 2.24. The van der Waals surface area contributed by atoms with Crippen LogP contribution in [0.2, 0.25) is 0 Å². The van der Waals surface area contributed by atoms with Crippen LogP contribution in [0.5, 0.6) is 0 Å². The van der Waals surface area contributed by atoms with E-state index < -0.39 is 0 Å². The van der Waals surface area contributed by atoms with Gasteiger partial charge >= 0.3 is 0 Å². The van der Waals surface area contributed by atoms with Crippen LogP contribution in [0, 0.1) is 0 Å². The molecule has 0 saturated carbocycles. The van der Waals surface area contributed by atoms with Gasteiger partial charge in [-0.1, -0.05) is 0 Å². The highest BCUT2D eigenvalue weighted by molar-refractivity contribution is 9.11. The maximum absolute atomic E-state index is 6.12. The van der Waals surface area contributed by atoms with Crippen molar-refractivity contribution < 1.29 is 0 Å². The largest absolute Gasteiger partial charge is 0.322 e. The summed E-state index contributed by atoms with van der Waals surface area (Å²) in [5.74, 6) is 0.842. The van der Waals surface area contributed by atoms with Crippen LogP contribution in [-0.2, 0) is 13.5 Å². The predicted molar refractivity (Wildman–Crippen MR) is 71.3 cm³/mol. The van der Waals surface area contributed by atoms with Gasteiger partial charge in [0.2, 0.25) is 0 Å². The lowest BCUT2D eigenvalue weighted by molar-refractivity contribution is 0.616. The van der Waals surface area contributed by atoms with Crippen LogP contribution < -0.4 is 5.73 Å². The van der Waals surface area contributed by atoms with Crippen molar-refractivity contribution in [3.8, 4) is 0 Å². The Kier molecular flexibility index (Phi) is 3.90. The van der Waals surface area contributed by atoms with Gasteiger partial charge in [-0.25, -0.2) is 4.98 Å². The molecule has 0 bridgehead atoms. The second kappa shape index (κ2) is 5.24. The van der Waals surface area contributed by atoms with E-state index in [4.69, 9.17) is 5.73 Å². The molecule has 0 aliphatic rings. The molecule has 0 amide bonds. The topological polar surface area (TPSA) is 69.6 Å². The van der Waals surface area contributed by atoms with E-state index in [1.807, 2.05) is 13.1 Å². The van der Waals surface area contributed by atoms with E-state index >= 15 is 0 Å². The smallest absolute Gasteiger partial charge is 0.138 e. The van der Waals surface area contributed by atoms with E-state index in [1.165, 1.54) is 6.33 Å². The van der Waals surface area contributed by atoms with Crippen molar-refractivity contribution in [2.75, 3.05) is 0 Å². The summed E-state index contributed by atoms with van der Waals surface area (Å²) >= 11 is 6.81. The quantitative estimate of drug-likeness (QED) is 0.908. The monoisotopic (exact) mass is 359 g/mol. The summed E-state index contributed by atoms with van der Waals surface area (Å²) in [4.78, 5) is 8.46. The molecule has 17 heavy (non-hydrogen) atoms. The standard InChI is InChI=1S/C10H11Br2N5/c1-17-9(15-5-16-17)3-8(13)10-7(12)2-6(11)4-14-10/h2,4-5,8H,3,13H2,1H3. The molecule has 0 fully saturated rings. The normalized spacial score (nSPS) is 12.7. The summed E-state index contributed by atoms with van der Waals surface area (Å²) in [7, 11) is 1.85. The Morgan fingerprint density at radius 3 is 2.76 bits per heavy atom. The van der Waals surface area contributed by atoms with Gasteiger partial charge in [0.05, 0.1) is 11.7 Å². The van der Waals surface area contributed by atoms with Gasteiger partial charge in [-0.3, -0.25) is 9.67 Å². The van der Waals surface area contributed by atoms with E-state index in [1.54, 1.807) is 10.9 Å². The number of rotatable bonds is 3. The van der Waals surface area contributed by atoms with E-state index in [9.17, 15) is 0 Å². The van der Waals surface area contributed by atoms with Crippen LogP contribution in [-0.4, -0.2) is 19.7 Å². The van der Waals surface area contributed by atoms with E-state index in [0.29, 0.717) is 6.42 Å². The second-order valence-corrected chi connectivity index (χ2v) is 5.40. The molecule has 1 atom stereocenters. The van der Waals surface area contributed by atoms with Crippen LogP contribution in [0.3, 0.4) is 0 Å². The van der Waals surface area contributed by atoms with Gasteiger partial charge < -0.3 is 5.73 Å². The third-order valence-electron chi connectivity index (χ3n) is 2.40. The van der Waals surface area contributed by atoms with Crippen molar-refractivity contribution >= 4 is 31.9 Å². The van der Waals surface area contributed by atoms with Crippen molar-refractivity contribution in [3.05, 3.63) is 39.1 Å². The molecular weight excluding hydrogens is 350 g/mol. The maximum Gasteiger partial charge on any atom is 0.138 e. The minimum Gasteiger partial charge on any atom is -0.322 e. The molecule has 5 nitrogen and oxygen atoms in total. The zero-order valence-corrected chi connectivity index (χ0v) is 12.3. The predicted octanol–water partition coefficient (Wildman–Crippen LogP) is 1.98. The molecule has 0 spiro atoms. The summed E-state index contributed by atoms with van der Waals surface area (Å²) in [6.07, 6.45) is 3.85. The molecule has 0 aromatic carbocycles. The van der Waals surface area contributed by atoms with E-state index in [2.05, 4.69) is 46.9 Å². The molecule has 90 valence electrons. The fourth-order valence-corrected chi connectivity index (χ4v) is 2.78. The zero-order chi connectivity index (χ0) is 12.4. The van der Waals surface area contributed by atoms with Crippen molar-refractivity contribution in [2.45, 2.75) is 12.5 Å². The number of nitrogens with two attached hydrogens (primary N) is 1. The van der Waals surface area contributed by atoms with Crippen molar-refractivity contribution in [1.29, 1.82) is 0 Å². The van der Waals surface area contributed by atoms with Crippen LogP contribution in [0.4, 0.5) is 0 Å². The summed E-state index contributed by atoms with van der Waals surface area (Å²) in [5.41, 5.74) is 6.93. The summed E-state index contributed by atoms with van der Waals surface area (Å²) < 4.78 is 3.52. The SMILES string of the molecule is Cn1ncnc1CC(N)c1ncc(Br)cc1Br. The molecule has 2 heterocycles. The van der Waals surface area contributed by atoms with Crippen molar-refractivity contribution in [2.24, 2.45) is 12.8 Å². The first-order valence-corrected chi connectivity index (χ1v) is 6.56. The lowest BCUT2D eigenvalue weighted by Gasteiger charge is -2.12. The van der Waals surface area contributed by atoms with Crippen LogP contribution >= 0.6 is 31.9 Å². The Labute approximate surface area is 116 Å². The van der Waals surface area contributed by atoms with E-state index in [-0.39, 0.29) is 6.04 Å². The Bertz CT molecular complexity index is 525. The van der Waals surface area contributed by atoms with Gasteiger partial charge in [0.1, 0.15) is 12.2 Å². The molecule has 1 unspecified atom stereocenters. The van der Waals surface area contributed by atoms with Gasteiger partial charge in [-0.15, -0.1) is 0 Å². The molecule has 7 heteroatoms. The highest BCUT2D eigenvalue weighted by Gasteiger charge is 2.15.